The summed E-state index contributed by atoms with van der Waals surface area (Å²) in [5, 5.41) is 6.09. The Hall–Kier alpha value is -2.31. The van der Waals surface area contributed by atoms with Gasteiger partial charge in [-0.3, -0.25) is 4.79 Å². The zero-order valence-corrected chi connectivity index (χ0v) is 11.5. The average Bonchev–Trinajstić information content (AvgIpc) is 2.83. The molecule has 0 unspecified atom stereocenters. The van der Waals surface area contributed by atoms with Crippen LogP contribution in [0.5, 0.6) is 0 Å². The average molecular weight is 297 g/mol. The molecule has 0 saturated carbocycles. The lowest BCUT2D eigenvalue weighted by molar-refractivity contribution is -0.143. The largest absolute Gasteiger partial charge is 0.434 e. The Balaban J connectivity index is 2.60. The third-order valence-electron chi connectivity index (χ3n) is 2.87. The molecule has 0 aliphatic rings. The van der Waals surface area contributed by atoms with Crippen molar-refractivity contribution in [1.82, 2.24) is 15.1 Å². The quantitative estimate of drug-likeness (QED) is 0.947. The number of carbonyl (C=O) groups is 1. The van der Waals surface area contributed by atoms with Crippen molar-refractivity contribution in [3.8, 4) is 5.69 Å². The summed E-state index contributed by atoms with van der Waals surface area (Å²) >= 11 is 0. The molecule has 0 bridgehead atoms. The molecule has 1 heterocycles. The second-order valence-electron chi connectivity index (χ2n) is 4.51. The third-order valence-corrected chi connectivity index (χ3v) is 2.87. The van der Waals surface area contributed by atoms with Gasteiger partial charge in [0.05, 0.1) is 17.4 Å². The number of hydrogen-bond donors (Lipinski definition) is 1. The molecule has 2 aromatic rings. The highest BCUT2D eigenvalue weighted by Crippen LogP contribution is 2.33. The maximum atomic E-state index is 13.3. The molecule has 0 atom stereocenters. The van der Waals surface area contributed by atoms with Crippen molar-refractivity contribution >= 4 is 5.91 Å². The lowest BCUT2D eigenvalue weighted by atomic mass is 10.2. The van der Waals surface area contributed by atoms with E-state index in [2.05, 4.69) is 10.4 Å². The second-order valence-corrected chi connectivity index (χ2v) is 4.51. The first-order chi connectivity index (χ1) is 9.84. The van der Waals surface area contributed by atoms with Gasteiger partial charge in [0, 0.05) is 6.54 Å². The topological polar surface area (TPSA) is 46.9 Å². The summed E-state index contributed by atoms with van der Waals surface area (Å²) in [4.78, 5) is 11.8. The van der Waals surface area contributed by atoms with Gasteiger partial charge in [0.25, 0.3) is 5.91 Å². The highest BCUT2D eigenvalue weighted by atomic mass is 19.4. The molecular formula is C14H14F3N3O. The van der Waals surface area contributed by atoms with Crippen molar-refractivity contribution in [3.63, 3.8) is 0 Å². The number of amides is 1. The van der Waals surface area contributed by atoms with E-state index in [-0.39, 0.29) is 12.2 Å². The maximum absolute atomic E-state index is 13.3. The van der Waals surface area contributed by atoms with Crippen LogP contribution in [0.2, 0.25) is 0 Å². The van der Waals surface area contributed by atoms with Gasteiger partial charge in [-0.15, -0.1) is 0 Å². The lowest BCUT2D eigenvalue weighted by Gasteiger charge is -2.13. The predicted octanol–water partition coefficient (Wildman–Crippen LogP) is 2.95. The van der Waals surface area contributed by atoms with Crippen LogP contribution in [0, 0.1) is 6.92 Å². The molecule has 0 aliphatic carbocycles. The van der Waals surface area contributed by atoms with Crippen LogP contribution in [-0.4, -0.2) is 22.2 Å². The summed E-state index contributed by atoms with van der Waals surface area (Å²) in [6.45, 7) is 3.65. The minimum absolute atomic E-state index is 0.242. The van der Waals surface area contributed by atoms with Gasteiger partial charge in [0.1, 0.15) is 0 Å². The van der Waals surface area contributed by atoms with Gasteiger partial charge >= 0.3 is 6.18 Å². The minimum atomic E-state index is -4.68. The molecule has 7 heteroatoms. The molecule has 0 saturated heterocycles. The Morgan fingerprint density at radius 1 is 1.38 bits per heavy atom. The molecule has 0 fully saturated rings. The normalized spacial score (nSPS) is 11.5. The fourth-order valence-electron chi connectivity index (χ4n) is 2.00. The van der Waals surface area contributed by atoms with Crippen LogP contribution in [0.25, 0.3) is 5.69 Å². The van der Waals surface area contributed by atoms with Crippen LogP contribution in [0.15, 0.2) is 30.5 Å². The van der Waals surface area contributed by atoms with Crippen molar-refractivity contribution in [3.05, 3.63) is 47.3 Å². The summed E-state index contributed by atoms with van der Waals surface area (Å²) in [7, 11) is 0. The zero-order chi connectivity index (χ0) is 15.6. The molecule has 0 radical (unpaired) electrons. The minimum Gasteiger partial charge on any atom is -0.352 e. The number of halogens is 3. The number of carbonyl (C=O) groups excluding carboxylic acids is 1. The number of aromatic nitrogens is 2. The molecule has 4 nitrogen and oxygen atoms in total. The van der Waals surface area contributed by atoms with E-state index >= 15 is 0 Å². The van der Waals surface area contributed by atoms with Crippen molar-refractivity contribution in [2.24, 2.45) is 0 Å². The molecule has 112 valence electrons. The van der Waals surface area contributed by atoms with Gasteiger partial charge in [-0.25, -0.2) is 4.68 Å². The highest BCUT2D eigenvalue weighted by molar-refractivity contribution is 5.95. The van der Waals surface area contributed by atoms with E-state index in [1.165, 1.54) is 6.07 Å². The Bertz CT molecular complexity index is 662. The summed E-state index contributed by atoms with van der Waals surface area (Å²) in [6, 6.07) is 6.49. The van der Waals surface area contributed by atoms with Crippen molar-refractivity contribution in [2.75, 3.05) is 6.54 Å². The van der Waals surface area contributed by atoms with Crippen LogP contribution >= 0.6 is 0 Å². The van der Waals surface area contributed by atoms with E-state index in [0.717, 1.165) is 16.4 Å². The van der Waals surface area contributed by atoms with Crippen LogP contribution in [-0.2, 0) is 6.18 Å². The molecule has 1 N–H and O–H groups in total. The van der Waals surface area contributed by atoms with Crippen LogP contribution < -0.4 is 5.32 Å². The first-order valence-electron chi connectivity index (χ1n) is 6.35. The van der Waals surface area contributed by atoms with Gasteiger partial charge in [0.15, 0.2) is 5.69 Å². The van der Waals surface area contributed by atoms with E-state index in [0.29, 0.717) is 0 Å². The number of alkyl halides is 3. The molecule has 0 spiro atoms. The smallest absolute Gasteiger partial charge is 0.352 e. The molecule has 21 heavy (non-hydrogen) atoms. The number of rotatable bonds is 3. The van der Waals surface area contributed by atoms with Gasteiger partial charge in [-0.2, -0.15) is 18.3 Å². The highest BCUT2D eigenvalue weighted by Gasteiger charge is 2.40. The number of nitrogens with one attached hydrogen (secondary N) is 1. The van der Waals surface area contributed by atoms with Gasteiger partial charge in [-0.1, -0.05) is 12.1 Å². The summed E-state index contributed by atoms with van der Waals surface area (Å²) in [6.07, 6.45) is -3.74. The van der Waals surface area contributed by atoms with E-state index in [4.69, 9.17) is 0 Å². The number of hydrogen-bond acceptors (Lipinski definition) is 2. The Morgan fingerprint density at radius 3 is 2.67 bits per heavy atom. The van der Waals surface area contributed by atoms with E-state index in [1.807, 2.05) is 0 Å². The molecule has 2 rings (SSSR count). The molecule has 1 aromatic carbocycles. The maximum Gasteiger partial charge on any atom is 0.434 e. The Morgan fingerprint density at radius 2 is 2.10 bits per heavy atom. The fraction of sp³-hybridized carbons (Fsp3) is 0.286. The second kappa shape index (κ2) is 5.59. The summed E-state index contributed by atoms with van der Waals surface area (Å²) in [5.41, 5.74) is -0.488. The first kappa shape index (κ1) is 15.1. The molecule has 1 amide bonds. The third kappa shape index (κ3) is 3.07. The van der Waals surface area contributed by atoms with E-state index < -0.39 is 23.3 Å². The SMILES string of the molecule is CCNC(=O)c1cnn(-c2cccc(C)c2)c1C(F)(F)F. The number of benzene rings is 1. The molecular weight excluding hydrogens is 283 g/mol. The fourth-order valence-corrected chi connectivity index (χ4v) is 2.00. The van der Waals surface area contributed by atoms with Gasteiger partial charge in [-0.05, 0) is 31.5 Å². The van der Waals surface area contributed by atoms with Gasteiger partial charge < -0.3 is 5.32 Å². The van der Waals surface area contributed by atoms with E-state index in [1.54, 1.807) is 32.0 Å². The molecule has 0 aliphatic heterocycles. The first-order valence-corrected chi connectivity index (χ1v) is 6.35. The standard InChI is InChI=1S/C14H14F3N3O/c1-3-18-13(21)11-8-19-20(12(11)14(15,16)17)10-6-4-5-9(2)7-10/h4-8H,3H2,1-2H3,(H,18,21). The zero-order valence-electron chi connectivity index (χ0n) is 11.5. The summed E-state index contributed by atoms with van der Waals surface area (Å²) < 4.78 is 40.6. The Kier molecular flexibility index (Phi) is 4.02. The van der Waals surface area contributed by atoms with Crippen molar-refractivity contribution in [2.45, 2.75) is 20.0 Å². The summed E-state index contributed by atoms with van der Waals surface area (Å²) in [5.74, 6) is -0.788. The predicted molar refractivity (Wildman–Crippen MR) is 71.3 cm³/mol. The van der Waals surface area contributed by atoms with Crippen LogP contribution in [0.4, 0.5) is 13.2 Å². The van der Waals surface area contributed by atoms with Gasteiger partial charge in [0.2, 0.25) is 0 Å². The van der Waals surface area contributed by atoms with Crippen molar-refractivity contribution < 1.29 is 18.0 Å². The lowest BCUT2D eigenvalue weighted by Crippen LogP contribution is -2.26. The number of nitrogens with zero attached hydrogens (tertiary/aromatic N) is 2. The molecule has 1 aromatic heterocycles. The monoisotopic (exact) mass is 297 g/mol. The Labute approximate surface area is 119 Å². The van der Waals surface area contributed by atoms with Crippen LogP contribution in [0.3, 0.4) is 0 Å². The number of aryl methyl sites for hydroxylation is 1. The van der Waals surface area contributed by atoms with E-state index in [9.17, 15) is 18.0 Å². The van der Waals surface area contributed by atoms with Crippen molar-refractivity contribution in [1.29, 1.82) is 0 Å². The van der Waals surface area contributed by atoms with Crippen LogP contribution in [0.1, 0.15) is 28.5 Å².